The van der Waals surface area contributed by atoms with Gasteiger partial charge in [0, 0.05) is 24.6 Å². The molecule has 4 nitrogen and oxygen atoms in total. The van der Waals surface area contributed by atoms with Crippen molar-refractivity contribution in [2.45, 2.75) is 37.8 Å². The van der Waals surface area contributed by atoms with Crippen LogP contribution in [0.25, 0.3) is 0 Å². The molecule has 17 heavy (non-hydrogen) atoms. The fourth-order valence-electron chi connectivity index (χ4n) is 1.80. The van der Waals surface area contributed by atoms with E-state index in [0.29, 0.717) is 6.10 Å². The van der Waals surface area contributed by atoms with Crippen LogP contribution in [0.15, 0.2) is 11.1 Å². The van der Waals surface area contributed by atoms with Crippen molar-refractivity contribution < 1.29 is 4.74 Å². The summed E-state index contributed by atoms with van der Waals surface area (Å²) < 4.78 is 5.60. The van der Waals surface area contributed by atoms with Crippen LogP contribution >= 0.6 is 11.8 Å². The van der Waals surface area contributed by atoms with Crippen LogP contribution in [0, 0.1) is 6.92 Å². The second-order valence-electron chi connectivity index (χ2n) is 4.15. The van der Waals surface area contributed by atoms with Gasteiger partial charge < -0.3 is 10.1 Å². The molecule has 1 N–H and O–H groups in total. The van der Waals surface area contributed by atoms with Crippen LogP contribution in [0.1, 0.15) is 25.5 Å². The minimum Gasteiger partial charge on any atom is -0.377 e. The predicted molar refractivity (Wildman–Crippen MR) is 70.6 cm³/mol. The molecule has 0 spiro atoms. The molecule has 5 heteroatoms. The fraction of sp³-hybridized carbons (Fsp3) is 0.667. The average molecular weight is 253 g/mol. The summed E-state index contributed by atoms with van der Waals surface area (Å²) in [5.41, 5.74) is 1.01. The Labute approximate surface area is 107 Å². The van der Waals surface area contributed by atoms with Crippen molar-refractivity contribution in [1.29, 1.82) is 0 Å². The van der Waals surface area contributed by atoms with Gasteiger partial charge in [0.15, 0.2) is 0 Å². The van der Waals surface area contributed by atoms with Crippen molar-refractivity contribution in [2.75, 3.05) is 24.2 Å². The third-order valence-corrected chi connectivity index (χ3v) is 3.65. The van der Waals surface area contributed by atoms with Gasteiger partial charge in [-0.2, -0.15) is 0 Å². The minimum atomic E-state index is 0.401. The molecule has 0 aromatic carbocycles. The zero-order chi connectivity index (χ0) is 12.1. The van der Waals surface area contributed by atoms with Gasteiger partial charge >= 0.3 is 0 Å². The molecule has 1 aromatic rings. The maximum Gasteiger partial charge on any atom is 0.223 e. The Balaban J connectivity index is 1.94. The van der Waals surface area contributed by atoms with Gasteiger partial charge in [0.2, 0.25) is 5.95 Å². The first-order valence-electron chi connectivity index (χ1n) is 6.12. The zero-order valence-electron chi connectivity index (χ0n) is 10.4. The van der Waals surface area contributed by atoms with Crippen molar-refractivity contribution >= 4 is 17.7 Å². The lowest BCUT2D eigenvalue weighted by atomic mass is 10.3. The summed E-state index contributed by atoms with van der Waals surface area (Å²) in [5, 5.41) is 4.18. The molecule has 1 aliphatic rings. The highest BCUT2D eigenvalue weighted by Crippen LogP contribution is 2.23. The van der Waals surface area contributed by atoms with Gasteiger partial charge in [-0.05, 0) is 32.8 Å². The van der Waals surface area contributed by atoms with E-state index >= 15 is 0 Å². The molecule has 1 aliphatic heterocycles. The Kier molecular flexibility index (Phi) is 4.62. The number of aromatic nitrogens is 2. The highest BCUT2D eigenvalue weighted by atomic mass is 32.2. The molecule has 1 aromatic heterocycles. The number of hydrogen-bond acceptors (Lipinski definition) is 5. The molecule has 2 rings (SSSR count). The largest absolute Gasteiger partial charge is 0.377 e. The quantitative estimate of drug-likeness (QED) is 0.645. The molecule has 0 radical (unpaired) electrons. The van der Waals surface area contributed by atoms with E-state index in [4.69, 9.17) is 4.74 Å². The topological polar surface area (TPSA) is 47.0 Å². The first kappa shape index (κ1) is 12.6. The van der Waals surface area contributed by atoms with Gasteiger partial charge in [-0.15, -0.1) is 11.8 Å². The summed E-state index contributed by atoms with van der Waals surface area (Å²) in [6, 6.07) is 2.03. The van der Waals surface area contributed by atoms with Gasteiger partial charge in [0.1, 0.15) is 5.03 Å². The van der Waals surface area contributed by atoms with Crippen LogP contribution in [-0.4, -0.2) is 35.0 Å². The molecule has 1 atom stereocenters. The summed E-state index contributed by atoms with van der Waals surface area (Å²) in [4.78, 5) is 8.81. The molecule has 1 saturated heterocycles. The van der Waals surface area contributed by atoms with Gasteiger partial charge in [-0.1, -0.05) is 0 Å². The first-order chi connectivity index (χ1) is 8.28. The Morgan fingerprint density at radius 3 is 3.12 bits per heavy atom. The molecule has 0 saturated carbocycles. The smallest absolute Gasteiger partial charge is 0.223 e. The van der Waals surface area contributed by atoms with Gasteiger partial charge in [-0.25, -0.2) is 9.97 Å². The summed E-state index contributed by atoms with van der Waals surface area (Å²) in [6.07, 6.45) is 2.77. The number of rotatable bonds is 5. The van der Waals surface area contributed by atoms with E-state index in [1.54, 1.807) is 11.8 Å². The summed E-state index contributed by atoms with van der Waals surface area (Å²) in [5.74, 6) is 1.71. The van der Waals surface area contributed by atoms with Crippen molar-refractivity contribution in [3.63, 3.8) is 0 Å². The average Bonchev–Trinajstić information content (AvgIpc) is 2.79. The number of aryl methyl sites for hydroxylation is 1. The van der Waals surface area contributed by atoms with E-state index in [-0.39, 0.29) is 0 Å². The third kappa shape index (κ3) is 3.85. The van der Waals surface area contributed by atoms with Crippen molar-refractivity contribution in [2.24, 2.45) is 0 Å². The van der Waals surface area contributed by atoms with Crippen LogP contribution in [-0.2, 0) is 4.74 Å². The maximum absolute atomic E-state index is 5.60. The summed E-state index contributed by atoms with van der Waals surface area (Å²) >= 11 is 1.76. The van der Waals surface area contributed by atoms with Gasteiger partial charge in [-0.3, -0.25) is 0 Å². The summed E-state index contributed by atoms with van der Waals surface area (Å²) in [6.45, 7) is 5.81. The first-order valence-corrected chi connectivity index (χ1v) is 7.10. The van der Waals surface area contributed by atoms with Crippen LogP contribution in [0.2, 0.25) is 0 Å². The Morgan fingerprint density at radius 2 is 2.41 bits per heavy atom. The van der Waals surface area contributed by atoms with E-state index < -0.39 is 0 Å². The molecule has 2 heterocycles. The lowest BCUT2D eigenvalue weighted by Crippen LogP contribution is -2.09. The maximum atomic E-state index is 5.60. The van der Waals surface area contributed by atoms with Crippen molar-refractivity contribution in [3.05, 3.63) is 11.8 Å². The van der Waals surface area contributed by atoms with E-state index in [0.717, 1.165) is 35.6 Å². The predicted octanol–water partition coefficient (Wildman–Crippen LogP) is 2.49. The standard InChI is InChI=1S/C12H19N3OS/c1-3-13-12-14-9(2)7-11(15-12)17-8-10-5-4-6-16-10/h7,10H,3-6,8H2,1-2H3,(H,13,14,15). The normalized spacial score (nSPS) is 19.5. The molecule has 1 unspecified atom stereocenters. The number of ether oxygens (including phenoxy) is 1. The number of anilines is 1. The van der Waals surface area contributed by atoms with Crippen LogP contribution in [0.5, 0.6) is 0 Å². The van der Waals surface area contributed by atoms with Crippen molar-refractivity contribution in [3.8, 4) is 0 Å². The molecule has 94 valence electrons. The lowest BCUT2D eigenvalue weighted by molar-refractivity contribution is 0.129. The van der Waals surface area contributed by atoms with E-state index in [9.17, 15) is 0 Å². The van der Waals surface area contributed by atoms with E-state index in [1.807, 2.05) is 19.9 Å². The van der Waals surface area contributed by atoms with Crippen molar-refractivity contribution in [1.82, 2.24) is 9.97 Å². The molecule has 0 amide bonds. The fourth-order valence-corrected chi connectivity index (χ4v) is 2.83. The molecule has 0 bridgehead atoms. The van der Waals surface area contributed by atoms with E-state index in [1.165, 1.54) is 12.8 Å². The molecule has 1 fully saturated rings. The summed E-state index contributed by atoms with van der Waals surface area (Å²) in [7, 11) is 0. The van der Waals surface area contributed by atoms with Gasteiger partial charge in [0.05, 0.1) is 6.10 Å². The molecule has 0 aliphatic carbocycles. The Hall–Kier alpha value is -0.810. The monoisotopic (exact) mass is 253 g/mol. The number of thioether (sulfide) groups is 1. The second kappa shape index (κ2) is 6.21. The van der Waals surface area contributed by atoms with Crippen LogP contribution < -0.4 is 5.32 Å². The third-order valence-electron chi connectivity index (χ3n) is 2.61. The second-order valence-corrected chi connectivity index (χ2v) is 5.19. The van der Waals surface area contributed by atoms with Crippen LogP contribution in [0.4, 0.5) is 5.95 Å². The number of nitrogens with zero attached hydrogens (tertiary/aromatic N) is 2. The highest BCUT2D eigenvalue weighted by Gasteiger charge is 2.16. The number of hydrogen-bond donors (Lipinski definition) is 1. The zero-order valence-corrected chi connectivity index (χ0v) is 11.2. The SMILES string of the molecule is CCNc1nc(C)cc(SCC2CCCO2)n1. The Bertz CT molecular complexity index is 367. The highest BCUT2D eigenvalue weighted by molar-refractivity contribution is 7.99. The van der Waals surface area contributed by atoms with E-state index in [2.05, 4.69) is 15.3 Å². The lowest BCUT2D eigenvalue weighted by Gasteiger charge is -2.09. The Morgan fingerprint density at radius 1 is 1.53 bits per heavy atom. The minimum absolute atomic E-state index is 0.401. The molecular formula is C12H19N3OS. The van der Waals surface area contributed by atoms with Gasteiger partial charge in [0.25, 0.3) is 0 Å². The molecular weight excluding hydrogens is 234 g/mol. The van der Waals surface area contributed by atoms with Crippen LogP contribution in [0.3, 0.4) is 0 Å². The number of nitrogens with one attached hydrogen (secondary N) is 1.